The Hall–Kier alpha value is -4.48. The Morgan fingerprint density at radius 1 is 1.09 bits per heavy atom. The number of carboxylic acids is 1. The van der Waals surface area contributed by atoms with Crippen LogP contribution in [0.1, 0.15) is 46.4 Å². The summed E-state index contributed by atoms with van der Waals surface area (Å²) in [5, 5.41) is 9.11. The Bertz CT molecular complexity index is 1910. The fraction of sp³-hybridized carbons (Fsp3) is 0.188. The van der Waals surface area contributed by atoms with Crippen LogP contribution in [0.3, 0.4) is 0 Å². The number of allylic oxidation sites excluding steroid dienone is 1. The first-order chi connectivity index (χ1) is 20.7. The van der Waals surface area contributed by atoms with Gasteiger partial charge >= 0.3 is 11.9 Å². The molecule has 0 fully saturated rings. The number of methoxy groups -OCH3 is 2. The molecule has 1 aromatic heterocycles. The monoisotopic (exact) mass is 662 g/mol. The van der Waals surface area contributed by atoms with Crippen molar-refractivity contribution in [2.24, 2.45) is 4.99 Å². The van der Waals surface area contributed by atoms with Crippen LogP contribution in [0.15, 0.2) is 92.3 Å². The van der Waals surface area contributed by atoms with Gasteiger partial charge in [-0.25, -0.2) is 14.6 Å². The molecule has 0 saturated carbocycles. The van der Waals surface area contributed by atoms with Crippen molar-refractivity contribution in [2.75, 3.05) is 14.2 Å². The first-order valence-electron chi connectivity index (χ1n) is 13.3. The largest absolute Gasteiger partial charge is 0.493 e. The Kier molecular flexibility index (Phi) is 8.93. The van der Waals surface area contributed by atoms with Gasteiger partial charge in [-0.05, 0) is 69.4 Å². The Morgan fingerprint density at radius 2 is 1.81 bits per heavy atom. The molecule has 0 spiro atoms. The number of aromatic carboxylic acids is 1. The lowest BCUT2D eigenvalue weighted by Crippen LogP contribution is -2.40. The third-order valence-corrected chi connectivity index (χ3v) is 8.47. The molecule has 1 aliphatic rings. The van der Waals surface area contributed by atoms with Gasteiger partial charge in [0, 0.05) is 0 Å². The fourth-order valence-corrected chi connectivity index (χ4v) is 6.42. The van der Waals surface area contributed by atoms with Crippen molar-refractivity contribution in [1.82, 2.24) is 4.57 Å². The van der Waals surface area contributed by atoms with Crippen molar-refractivity contribution in [1.29, 1.82) is 0 Å². The van der Waals surface area contributed by atoms with Gasteiger partial charge in [0.05, 0.1) is 46.1 Å². The molecule has 0 amide bonds. The van der Waals surface area contributed by atoms with Crippen molar-refractivity contribution in [3.8, 4) is 11.5 Å². The maximum atomic E-state index is 13.9. The van der Waals surface area contributed by atoms with Crippen molar-refractivity contribution in [2.45, 2.75) is 26.0 Å². The maximum absolute atomic E-state index is 13.9. The number of carbonyl (C=O) groups is 2. The molecular weight excluding hydrogens is 636 g/mol. The molecule has 1 N–H and O–H groups in total. The van der Waals surface area contributed by atoms with Gasteiger partial charge in [0.15, 0.2) is 16.3 Å². The van der Waals surface area contributed by atoms with Crippen LogP contribution in [0.5, 0.6) is 11.5 Å². The standard InChI is InChI=1S/C32H27BrN2O7S/c1-4-23-26(31(39)41-3)27(20-8-6-5-7-9-20)35-29(36)25(43-32(35)34-23)16-19-14-22(33)28(24(15-19)40-2)42-17-18-10-12-21(13-11-18)30(37)38/h5-16,27H,4,17H2,1-3H3,(H,37,38)/b25-16-/t27-/m1/s1. The van der Waals surface area contributed by atoms with Crippen LogP contribution in [-0.2, 0) is 16.1 Å². The quantitative estimate of drug-likeness (QED) is 0.255. The van der Waals surface area contributed by atoms with E-state index in [0.29, 0.717) is 48.6 Å². The second kappa shape index (κ2) is 12.8. The zero-order valence-electron chi connectivity index (χ0n) is 23.5. The third kappa shape index (κ3) is 6.04. The lowest BCUT2D eigenvalue weighted by molar-refractivity contribution is -0.136. The molecule has 5 rings (SSSR count). The molecule has 9 nitrogen and oxygen atoms in total. The van der Waals surface area contributed by atoms with Crippen LogP contribution in [0.4, 0.5) is 0 Å². The Labute approximate surface area is 259 Å². The number of nitrogens with zero attached hydrogens (tertiary/aromatic N) is 2. The number of rotatable bonds is 9. The normalized spacial score (nSPS) is 14.6. The second-order valence-corrected chi connectivity index (χ2v) is 11.4. The van der Waals surface area contributed by atoms with Crippen LogP contribution in [0.2, 0.25) is 0 Å². The van der Waals surface area contributed by atoms with Crippen molar-refractivity contribution < 1.29 is 28.9 Å². The molecule has 2 heterocycles. The van der Waals surface area contributed by atoms with Gasteiger partial charge in [-0.2, -0.15) is 0 Å². The van der Waals surface area contributed by atoms with E-state index >= 15 is 0 Å². The number of fused-ring (bicyclic) bond motifs is 1. The van der Waals surface area contributed by atoms with E-state index in [1.807, 2.05) is 43.3 Å². The maximum Gasteiger partial charge on any atom is 0.338 e. The van der Waals surface area contributed by atoms with Gasteiger partial charge in [0.1, 0.15) is 6.61 Å². The molecule has 43 heavy (non-hydrogen) atoms. The highest BCUT2D eigenvalue weighted by molar-refractivity contribution is 9.10. The SMILES string of the molecule is CCC1=C(C(=O)OC)[C@@H](c2ccccc2)n2c(s/c(=C\c3cc(Br)c(OCc4ccc(C(=O)O)cc4)c(OC)c3)c2=O)=N1. The highest BCUT2D eigenvalue weighted by atomic mass is 79.9. The number of hydrogen-bond donors (Lipinski definition) is 1. The molecule has 0 unspecified atom stereocenters. The lowest BCUT2D eigenvalue weighted by atomic mass is 9.95. The van der Waals surface area contributed by atoms with Crippen LogP contribution < -0.4 is 24.4 Å². The number of ether oxygens (including phenoxy) is 3. The molecule has 0 radical (unpaired) electrons. The van der Waals surface area contributed by atoms with Gasteiger partial charge in [-0.1, -0.05) is 60.7 Å². The topological polar surface area (TPSA) is 116 Å². The van der Waals surface area contributed by atoms with E-state index < -0.39 is 18.0 Å². The number of halogens is 1. The van der Waals surface area contributed by atoms with Crippen LogP contribution in [-0.4, -0.2) is 35.8 Å². The van der Waals surface area contributed by atoms with E-state index in [1.165, 1.54) is 37.7 Å². The average molecular weight is 664 g/mol. The highest BCUT2D eigenvalue weighted by Gasteiger charge is 2.33. The van der Waals surface area contributed by atoms with Gasteiger partial charge in [0.2, 0.25) is 0 Å². The summed E-state index contributed by atoms with van der Waals surface area (Å²) in [5.41, 5.74) is 3.09. The molecule has 1 atom stereocenters. The summed E-state index contributed by atoms with van der Waals surface area (Å²) in [6.07, 6.45) is 2.25. The summed E-state index contributed by atoms with van der Waals surface area (Å²) < 4.78 is 19.3. The predicted molar refractivity (Wildman–Crippen MR) is 165 cm³/mol. The average Bonchev–Trinajstić information content (AvgIpc) is 3.33. The van der Waals surface area contributed by atoms with Gasteiger partial charge < -0.3 is 19.3 Å². The Morgan fingerprint density at radius 3 is 2.44 bits per heavy atom. The molecule has 0 aliphatic carbocycles. The smallest absolute Gasteiger partial charge is 0.338 e. The fourth-order valence-electron chi connectivity index (χ4n) is 4.83. The molecule has 0 bridgehead atoms. The zero-order valence-corrected chi connectivity index (χ0v) is 25.9. The number of aromatic nitrogens is 1. The van der Waals surface area contributed by atoms with E-state index in [4.69, 9.17) is 24.3 Å². The van der Waals surface area contributed by atoms with Crippen molar-refractivity contribution in [3.05, 3.63) is 124 Å². The molecular formula is C32H27BrN2O7S. The summed E-state index contributed by atoms with van der Waals surface area (Å²) in [7, 11) is 2.85. The number of carboxylic acid groups (broad SMARTS) is 1. The van der Waals surface area contributed by atoms with E-state index in [-0.39, 0.29) is 17.7 Å². The van der Waals surface area contributed by atoms with E-state index in [9.17, 15) is 14.4 Å². The number of thiazole rings is 1. The summed E-state index contributed by atoms with van der Waals surface area (Å²) in [6.45, 7) is 2.10. The minimum absolute atomic E-state index is 0.189. The van der Waals surface area contributed by atoms with E-state index in [2.05, 4.69) is 15.9 Å². The molecule has 220 valence electrons. The molecule has 4 aromatic rings. The summed E-state index contributed by atoms with van der Waals surface area (Å²) >= 11 is 4.80. The highest BCUT2D eigenvalue weighted by Crippen LogP contribution is 2.37. The van der Waals surface area contributed by atoms with E-state index in [1.54, 1.807) is 28.8 Å². The number of esters is 1. The summed E-state index contributed by atoms with van der Waals surface area (Å²) in [6, 6.07) is 18.7. The minimum Gasteiger partial charge on any atom is -0.493 e. The van der Waals surface area contributed by atoms with Crippen LogP contribution >= 0.6 is 27.3 Å². The zero-order chi connectivity index (χ0) is 30.7. The van der Waals surface area contributed by atoms with Crippen LogP contribution in [0.25, 0.3) is 6.08 Å². The van der Waals surface area contributed by atoms with Gasteiger partial charge in [-0.15, -0.1) is 0 Å². The Balaban J connectivity index is 1.54. The summed E-state index contributed by atoms with van der Waals surface area (Å²) in [4.78, 5) is 43.2. The third-order valence-electron chi connectivity index (χ3n) is 6.90. The molecule has 0 saturated heterocycles. The molecule has 3 aromatic carbocycles. The van der Waals surface area contributed by atoms with Gasteiger partial charge in [0.25, 0.3) is 5.56 Å². The number of carbonyl (C=O) groups excluding carboxylic acids is 1. The number of benzene rings is 3. The van der Waals surface area contributed by atoms with E-state index in [0.717, 1.165) is 11.1 Å². The van der Waals surface area contributed by atoms with Gasteiger partial charge in [-0.3, -0.25) is 9.36 Å². The lowest BCUT2D eigenvalue weighted by Gasteiger charge is -2.25. The van der Waals surface area contributed by atoms with Crippen LogP contribution in [0, 0.1) is 0 Å². The predicted octanol–water partition coefficient (Wildman–Crippen LogP) is 4.85. The van der Waals surface area contributed by atoms with Crippen molar-refractivity contribution in [3.63, 3.8) is 0 Å². The summed E-state index contributed by atoms with van der Waals surface area (Å²) in [5.74, 6) is -0.613. The van der Waals surface area contributed by atoms with Crippen molar-refractivity contribution >= 4 is 45.3 Å². The first kappa shape index (κ1) is 30.0. The first-order valence-corrected chi connectivity index (χ1v) is 14.9. The molecule has 11 heteroatoms. The minimum atomic E-state index is -0.995. The molecule has 1 aliphatic heterocycles. The number of hydrogen-bond acceptors (Lipinski definition) is 8. The second-order valence-electron chi connectivity index (χ2n) is 9.52.